The lowest BCUT2D eigenvalue weighted by Crippen LogP contribution is -1.98. The van der Waals surface area contributed by atoms with Crippen molar-refractivity contribution in [1.29, 1.82) is 0 Å². The number of hydrogen-bond donors (Lipinski definition) is 0. The monoisotopic (exact) mass is 325 g/mol. The van der Waals surface area contributed by atoms with Gasteiger partial charge in [0.05, 0.1) is 10.7 Å². The van der Waals surface area contributed by atoms with Crippen LogP contribution in [0.3, 0.4) is 0 Å². The number of rotatable bonds is 3. The zero-order chi connectivity index (χ0) is 13.0. The summed E-state index contributed by atoms with van der Waals surface area (Å²) in [6, 6.07) is 13.0. The van der Waals surface area contributed by atoms with Crippen LogP contribution in [-0.4, -0.2) is 10.8 Å². The molecule has 2 aromatic carbocycles. The summed E-state index contributed by atoms with van der Waals surface area (Å²) in [5, 5.41) is 0. The fourth-order valence-corrected chi connectivity index (χ4v) is 2.76. The fraction of sp³-hybridized carbons (Fsp3) is 0. The average Bonchev–Trinajstić information content (AvgIpc) is 2.38. The molecule has 0 N–H and O–H groups in total. The Morgan fingerprint density at radius 2 is 1.78 bits per heavy atom. The normalized spacial score (nSPS) is 12.8. The third-order valence-electron chi connectivity index (χ3n) is 2.19. The second-order valence-corrected chi connectivity index (χ2v) is 5.47. The molecule has 0 aromatic heterocycles. The van der Waals surface area contributed by atoms with Gasteiger partial charge >= 0.3 is 0 Å². The van der Waals surface area contributed by atoms with Crippen LogP contribution < -0.4 is 0 Å². The van der Waals surface area contributed by atoms with E-state index in [2.05, 4.69) is 20.3 Å². The van der Waals surface area contributed by atoms with Crippen molar-refractivity contribution in [2.75, 3.05) is 0 Å². The molecule has 5 heteroatoms. The van der Waals surface area contributed by atoms with E-state index >= 15 is 0 Å². The average molecular weight is 326 g/mol. The summed E-state index contributed by atoms with van der Waals surface area (Å²) in [4.78, 5) is 0.607. The minimum absolute atomic E-state index is 0.306. The largest absolute Gasteiger partial charge is 0.586 e. The smallest absolute Gasteiger partial charge is 0.196 e. The van der Waals surface area contributed by atoms with E-state index in [1.165, 1.54) is 18.3 Å². The first-order chi connectivity index (χ1) is 8.66. The van der Waals surface area contributed by atoms with Crippen LogP contribution in [0.1, 0.15) is 5.56 Å². The van der Waals surface area contributed by atoms with E-state index in [9.17, 15) is 8.94 Å². The van der Waals surface area contributed by atoms with Crippen LogP contribution >= 0.6 is 15.9 Å². The summed E-state index contributed by atoms with van der Waals surface area (Å²) in [5.41, 5.74) is 0.705. The molecule has 0 saturated heterocycles. The molecular weight excluding hydrogens is 317 g/mol. The quantitative estimate of drug-likeness (QED) is 0.625. The van der Waals surface area contributed by atoms with Gasteiger partial charge in [-0.25, -0.2) is 4.39 Å². The number of benzene rings is 2. The molecule has 0 unspecified atom stereocenters. The van der Waals surface area contributed by atoms with Crippen molar-refractivity contribution in [3.8, 4) is 0 Å². The van der Waals surface area contributed by atoms with Crippen molar-refractivity contribution in [3.05, 3.63) is 64.4 Å². The second-order valence-electron chi connectivity index (χ2n) is 3.47. The maximum atomic E-state index is 12.7. The van der Waals surface area contributed by atoms with E-state index in [0.717, 1.165) is 4.47 Å². The summed E-state index contributed by atoms with van der Waals surface area (Å²) in [6.45, 7) is 0. The van der Waals surface area contributed by atoms with Gasteiger partial charge in [-0.1, -0.05) is 28.7 Å². The van der Waals surface area contributed by atoms with Crippen LogP contribution in [0.25, 0.3) is 0 Å². The van der Waals surface area contributed by atoms with Gasteiger partial charge in [-0.3, -0.25) is 0 Å². The molecule has 0 aliphatic heterocycles. The molecule has 0 aliphatic carbocycles. The Bertz CT molecular complexity index is 559. The molecule has 0 saturated carbocycles. The molecule has 0 radical (unpaired) electrons. The van der Waals surface area contributed by atoms with E-state index in [1.807, 2.05) is 6.07 Å². The standard InChI is InChI=1S/C13H9BrFNOS/c14-12-3-1-2-4-13(12)18(17)16-9-10-5-7-11(15)8-6-10/h1-9H/b16-9+/t18-/m1/s1. The maximum absolute atomic E-state index is 12.7. The van der Waals surface area contributed by atoms with Gasteiger partial charge in [-0.2, -0.15) is 0 Å². The van der Waals surface area contributed by atoms with Crippen molar-refractivity contribution in [1.82, 2.24) is 0 Å². The van der Waals surface area contributed by atoms with E-state index in [-0.39, 0.29) is 5.82 Å². The van der Waals surface area contributed by atoms with Gasteiger partial charge in [0.1, 0.15) is 17.2 Å². The van der Waals surface area contributed by atoms with Crippen molar-refractivity contribution < 1.29 is 8.94 Å². The highest BCUT2D eigenvalue weighted by atomic mass is 79.9. The van der Waals surface area contributed by atoms with Crippen molar-refractivity contribution >= 4 is 33.5 Å². The Morgan fingerprint density at radius 3 is 2.44 bits per heavy atom. The predicted molar refractivity (Wildman–Crippen MR) is 74.5 cm³/mol. The van der Waals surface area contributed by atoms with E-state index < -0.39 is 11.4 Å². The molecule has 0 fully saturated rings. The van der Waals surface area contributed by atoms with Crippen molar-refractivity contribution in [2.45, 2.75) is 4.90 Å². The summed E-state index contributed by atoms with van der Waals surface area (Å²) >= 11 is 1.84. The summed E-state index contributed by atoms with van der Waals surface area (Å²) in [5.74, 6) is -0.306. The highest BCUT2D eigenvalue weighted by Gasteiger charge is 2.13. The first-order valence-electron chi connectivity index (χ1n) is 5.13. The highest BCUT2D eigenvalue weighted by molar-refractivity contribution is 9.10. The number of halogens is 2. The minimum atomic E-state index is -1.47. The van der Waals surface area contributed by atoms with Crippen molar-refractivity contribution in [2.24, 2.45) is 4.40 Å². The van der Waals surface area contributed by atoms with Gasteiger partial charge < -0.3 is 4.55 Å². The van der Waals surface area contributed by atoms with Crippen LogP contribution in [0, 0.1) is 5.82 Å². The number of nitrogens with zero attached hydrogens (tertiary/aromatic N) is 1. The number of hydrogen-bond acceptors (Lipinski definition) is 2. The summed E-state index contributed by atoms with van der Waals surface area (Å²) in [7, 11) is 0. The molecule has 2 nitrogen and oxygen atoms in total. The van der Waals surface area contributed by atoms with E-state index in [4.69, 9.17) is 0 Å². The zero-order valence-electron chi connectivity index (χ0n) is 9.22. The van der Waals surface area contributed by atoms with Crippen LogP contribution in [0.15, 0.2) is 62.3 Å². The first kappa shape index (κ1) is 13.3. The minimum Gasteiger partial charge on any atom is -0.586 e. The Balaban J connectivity index is 2.14. The van der Waals surface area contributed by atoms with Gasteiger partial charge in [0.25, 0.3) is 0 Å². The zero-order valence-corrected chi connectivity index (χ0v) is 11.6. The lowest BCUT2D eigenvalue weighted by atomic mass is 10.2. The second kappa shape index (κ2) is 6.13. The molecular formula is C13H9BrFNOS. The SMILES string of the molecule is [O-][S@@+](/N=C/c1ccc(F)cc1)c1ccccc1Br. The van der Waals surface area contributed by atoms with Gasteiger partial charge in [-0.05, 0) is 45.8 Å². The Kier molecular flexibility index (Phi) is 4.52. The Morgan fingerprint density at radius 1 is 1.11 bits per heavy atom. The van der Waals surface area contributed by atoms with E-state index in [1.54, 1.807) is 30.3 Å². The fourth-order valence-electron chi connectivity index (χ4n) is 1.30. The lowest BCUT2D eigenvalue weighted by Gasteiger charge is -2.03. The Labute approximate surface area is 116 Å². The predicted octanol–water partition coefficient (Wildman–Crippen LogP) is 3.73. The molecule has 2 aromatic rings. The Hall–Kier alpha value is -1.17. The highest BCUT2D eigenvalue weighted by Crippen LogP contribution is 2.22. The van der Waals surface area contributed by atoms with Gasteiger partial charge in [0, 0.05) is 0 Å². The topological polar surface area (TPSA) is 35.4 Å². The van der Waals surface area contributed by atoms with Gasteiger partial charge in [0.2, 0.25) is 0 Å². The van der Waals surface area contributed by atoms with Crippen LogP contribution in [-0.2, 0) is 11.4 Å². The molecule has 0 aliphatic rings. The lowest BCUT2D eigenvalue weighted by molar-refractivity contribution is 0.596. The molecule has 1 atom stereocenters. The van der Waals surface area contributed by atoms with Crippen molar-refractivity contribution in [3.63, 3.8) is 0 Å². The van der Waals surface area contributed by atoms with Gasteiger partial charge in [-0.15, -0.1) is 0 Å². The molecule has 0 spiro atoms. The molecule has 92 valence electrons. The molecule has 18 heavy (non-hydrogen) atoms. The third kappa shape index (κ3) is 3.41. The first-order valence-corrected chi connectivity index (χ1v) is 7.03. The molecule has 0 bridgehead atoms. The van der Waals surface area contributed by atoms with E-state index in [0.29, 0.717) is 10.5 Å². The van der Waals surface area contributed by atoms with Crippen LogP contribution in [0.2, 0.25) is 0 Å². The molecule has 2 rings (SSSR count). The molecule has 0 amide bonds. The van der Waals surface area contributed by atoms with Gasteiger partial charge in [0.15, 0.2) is 4.90 Å². The third-order valence-corrected chi connectivity index (χ3v) is 4.18. The van der Waals surface area contributed by atoms with Crippen LogP contribution in [0.5, 0.6) is 0 Å². The summed E-state index contributed by atoms with van der Waals surface area (Å²) < 4.78 is 29.3. The van der Waals surface area contributed by atoms with Crippen LogP contribution in [0.4, 0.5) is 4.39 Å². The maximum Gasteiger partial charge on any atom is 0.196 e. The summed E-state index contributed by atoms with van der Waals surface area (Å²) in [6.07, 6.45) is 1.47. The molecule has 0 heterocycles.